The molecule has 3 N–H and O–H groups in total. The van der Waals surface area contributed by atoms with Gasteiger partial charge in [-0.15, -0.1) is 0 Å². The van der Waals surface area contributed by atoms with E-state index in [9.17, 15) is 0 Å². The van der Waals surface area contributed by atoms with Gasteiger partial charge in [0.15, 0.2) is 0 Å². The van der Waals surface area contributed by atoms with Crippen molar-refractivity contribution in [2.24, 2.45) is 5.73 Å². The Morgan fingerprint density at radius 2 is 2.12 bits per heavy atom. The Morgan fingerprint density at radius 1 is 1.29 bits per heavy atom. The summed E-state index contributed by atoms with van der Waals surface area (Å²) >= 11 is 3.35. The second kappa shape index (κ2) is 4.92. The van der Waals surface area contributed by atoms with Crippen LogP contribution in [0.25, 0.3) is 0 Å². The standard InChI is InChI=1S/C11H9BrN4O/c12-7-2-1-3-8(4-7)17-10-6-15-9(5-16-10)11(13)14/h1-6H,(H3,13,14). The van der Waals surface area contributed by atoms with E-state index in [2.05, 4.69) is 25.9 Å². The molecule has 0 saturated heterocycles. The highest BCUT2D eigenvalue weighted by molar-refractivity contribution is 9.10. The van der Waals surface area contributed by atoms with E-state index in [4.69, 9.17) is 15.9 Å². The maximum atomic E-state index is 7.18. The SMILES string of the molecule is N=C(N)c1cnc(Oc2cccc(Br)c2)cn1. The predicted octanol–water partition coefficient (Wildman–Crippen LogP) is 2.32. The van der Waals surface area contributed by atoms with E-state index >= 15 is 0 Å². The van der Waals surface area contributed by atoms with Crippen LogP contribution in [0.2, 0.25) is 0 Å². The lowest BCUT2D eigenvalue weighted by Gasteiger charge is -2.04. The maximum Gasteiger partial charge on any atom is 0.237 e. The first kappa shape index (κ1) is 11.5. The Labute approximate surface area is 106 Å². The van der Waals surface area contributed by atoms with Gasteiger partial charge in [-0.05, 0) is 18.2 Å². The summed E-state index contributed by atoms with van der Waals surface area (Å²) in [6.45, 7) is 0. The number of nitrogens with one attached hydrogen (secondary N) is 1. The number of halogens is 1. The Morgan fingerprint density at radius 3 is 2.71 bits per heavy atom. The average molecular weight is 293 g/mol. The van der Waals surface area contributed by atoms with E-state index in [-0.39, 0.29) is 5.84 Å². The van der Waals surface area contributed by atoms with Crippen LogP contribution in [0.3, 0.4) is 0 Å². The number of ether oxygens (including phenoxy) is 1. The minimum Gasteiger partial charge on any atom is -0.437 e. The fourth-order valence-corrected chi connectivity index (χ4v) is 1.54. The Bertz CT molecular complexity index is 541. The number of nitrogens with zero attached hydrogens (tertiary/aromatic N) is 2. The molecule has 0 amide bonds. The fraction of sp³-hybridized carbons (Fsp3) is 0. The zero-order valence-electron chi connectivity index (χ0n) is 8.72. The van der Waals surface area contributed by atoms with Crippen molar-refractivity contribution in [1.82, 2.24) is 9.97 Å². The van der Waals surface area contributed by atoms with Crippen molar-refractivity contribution in [2.75, 3.05) is 0 Å². The van der Waals surface area contributed by atoms with Gasteiger partial charge in [-0.25, -0.2) is 9.97 Å². The Balaban J connectivity index is 2.16. The number of aromatic nitrogens is 2. The van der Waals surface area contributed by atoms with Gasteiger partial charge in [-0.1, -0.05) is 22.0 Å². The predicted molar refractivity (Wildman–Crippen MR) is 67.3 cm³/mol. The molecule has 0 radical (unpaired) electrons. The van der Waals surface area contributed by atoms with Crippen LogP contribution in [0.1, 0.15) is 5.69 Å². The van der Waals surface area contributed by atoms with Crippen LogP contribution in [-0.2, 0) is 0 Å². The third-order valence-corrected chi connectivity index (χ3v) is 2.42. The smallest absolute Gasteiger partial charge is 0.237 e. The number of benzene rings is 1. The van der Waals surface area contributed by atoms with Crippen LogP contribution in [0, 0.1) is 5.41 Å². The van der Waals surface area contributed by atoms with Crippen LogP contribution in [0.15, 0.2) is 41.1 Å². The van der Waals surface area contributed by atoms with Gasteiger partial charge in [0.1, 0.15) is 17.3 Å². The van der Waals surface area contributed by atoms with Crippen LogP contribution < -0.4 is 10.5 Å². The number of nitrogens with two attached hydrogens (primary N) is 1. The van der Waals surface area contributed by atoms with E-state index in [0.717, 1.165) is 4.47 Å². The number of nitrogen functional groups attached to an aromatic ring is 1. The molecule has 1 aromatic carbocycles. The summed E-state index contributed by atoms with van der Waals surface area (Å²) in [5, 5.41) is 7.18. The zero-order chi connectivity index (χ0) is 12.3. The largest absolute Gasteiger partial charge is 0.437 e. The van der Waals surface area contributed by atoms with Gasteiger partial charge < -0.3 is 10.5 Å². The second-order valence-corrected chi connectivity index (χ2v) is 4.13. The molecule has 17 heavy (non-hydrogen) atoms. The zero-order valence-corrected chi connectivity index (χ0v) is 10.3. The van der Waals surface area contributed by atoms with Crippen molar-refractivity contribution >= 4 is 21.8 Å². The summed E-state index contributed by atoms with van der Waals surface area (Å²) in [6.07, 6.45) is 2.83. The van der Waals surface area contributed by atoms with Gasteiger partial charge in [-0.3, -0.25) is 5.41 Å². The molecule has 0 saturated carbocycles. The highest BCUT2D eigenvalue weighted by Gasteiger charge is 2.02. The summed E-state index contributed by atoms with van der Waals surface area (Å²) < 4.78 is 6.40. The van der Waals surface area contributed by atoms with Gasteiger partial charge in [-0.2, -0.15) is 0 Å². The molecule has 2 aromatic rings. The molecule has 86 valence electrons. The van der Waals surface area contributed by atoms with Crippen molar-refractivity contribution in [3.63, 3.8) is 0 Å². The number of amidine groups is 1. The first-order chi connectivity index (χ1) is 8.15. The maximum absolute atomic E-state index is 7.18. The third-order valence-electron chi connectivity index (χ3n) is 1.92. The molecule has 0 aliphatic heterocycles. The van der Waals surface area contributed by atoms with Gasteiger partial charge in [0.2, 0.25) is 5.88 Å². The molecule has 0 unspecified atom stereocenters. The molecule has 0 aliphatic rings. The summed E-state index contributed by atoms with van der Waals surface area (Å²) in [5.74, 6) is 0.892. The lowest BCUT2D eigenvalue weighted by molar-refractivity contribution is 0.459. The van der Waals surface area contributed by atoms with E-state index in [0.29, 0.717) is 17.3 Å². The van der Waals surface area contributed by atoms with Gasteiger partial charge >= 0.3 is 0 Å². The quantitative estimate of drug-likeness (QED) is 0.671. The van der Waals surface area contributed by atoms with E-state index in [1.165, 1.54) is 12.4 Å². The Hall–Kier alpha value is -1.95. The van der Waals surface area contributed by atoms with Crippen LogP contribution in [0.4, 0.5) is 0 Å². The normalized spacial score (nSPS) is 9.94. The average Bonchev–Trinajstić information content (AvgIpc) is 2.29. The van der Waals surface area contributed by atoms with Gasteiger partial charge in [0.05, 0.1) is 12.4 Å². The molecule has 0 fully saturated rings. The first-order valence-corrected chi connectivity index (χ1v) is 5.54. The topological polar surface area (TPSA) is 84.9 Å². The van der Waals surface area contributed by atoms with Crippen LogP contribution >= 0.6 is 15.9 Å². The highest BCUT2D eigenvalue weighted by Crippen LogP contribution is 2.22. The number of hydrogen-bond donors (Lipinski definition) is 2. The number of rotatable bonds is 3. The molecule has 1 heterocycles. The van der Waals surface area contributed by atoms with Crippen LogP contribution in [-0.4, -0.2) is 15.8 Å². The first-order valence-electron chi connectivity index (χ1n) is 4.75. The summed E-state index contributed by atoms with van der Waals surface area (Å²) in [5.41, 5.74) is 5.60. The van der Waals surface area contributed by atoms with Crippen molar-refractivity contribution < 1.29 is 4.74 Å². The van der Waals surface area contributed by atoms with E-state index in [1.807, 2.05) is 24.3 Å². The summed E-state index contributed by atoms with van der Waals surface area (Å²) in [6, 6.07) is 7.39. The fourth-order valence-electron chi connectivity index (χ4n) is 1.16. The molecular formula is C11H9BrN4O. The minimum atomic E-state index is -0.119. The summed E-state index contributed by atoms with van der Waals surface area (Å²) in [4.78, 5) is 7.95. The molecule has 1 aromatic heterocycles. The lowest BCUT2D eigenvalue weighted by Crippen LogP contribution is -2.13. The number of hydrogen-bond acceptors (Lipinski definition) is 4. The monoisotopic (exact) mass is 292 g/mol. The van der Waals surface area contributed by atoms with Crippen LogP contribution in [0.5, 0.6) is 11.6 Å². The van der Waals surface area contributed by atoms with Gasteiger partial charge in [0, 0.05) is 4.47 Å². The van der Waals surface area contributed by atoms with E-state index in [1.54, 1.807) is 0 Å². The summed E-state index contributed by atoms with van der Waals surface area (Å²) in [7, 11) is 0. The molecule has 2 rings (SSSR count). The lowest BCUT2D eigenvalue weighted by atomic mass is 10.3. The molecule has 5 nitrogen and oxygen atoms in total. The van der Waals surface area contributed by atoms with E-state index < -0.39 is 0 Å². The van der Waals surface area contributed by atoms with Gasteiger partial charge in [0.25, 0.3) is 0 Å². The minimum absolute atomic E-state index is 0.119. The molecule has 0 atom stereocenters. The second-order valence-electron chi connectivity index (χ2n) is 3.21. The highest BCUT2D eigenvalue weighted by atomic mass is 79.9. The van der Waals surface area contributed by atoms with Crippen molar-refractivity contribution in [2.45, 2.75) is 0 Å². The van der Waals surface area contributed by atoms with Crippen molar-refractivity contribution in [3.05, 3.63) is 46.8 Å². The third kappa shape index (κ3) is 3.01. The van der Waals surface area contributed by atoms with Crippen molar-refractivity contribution in [1.29, 1.82) is 5.41 Å². The van der Waals surface area contributed by atoms with Crippen molar-refractivity contribution in [3.8, 4) is 11.6 Å². The molecule has 0 spiro atoms. The molecule has 0 aliphatic carbocycles. The Kier molecular flexibility index (Phi) is 3.34. The molecule has 0 bridgehead atoms. The molecular weight excluding hydrogens is 284 g/mol. The molecule has 6 heteroatoms.